The summed E-state index contributed by atoms with van der Waals surface area (Å²) >= 11 is 0. The second kappa shape index (κ2) is 3.96. The van der Waals surface area contributed by atoms with Crippen molar-refractivity contribution in [3.8, 4) is 0 Å². The van der Waals surface area contributed by atoms with Crippen molar-refractivity contribution in [3.05, 3.63) is 0 Å². The monoisotopic (exact) mass is 221 g/mol. The number of likely N-dealkylation sites (tertiary alicyclic amines) is 1. The molecule has 0 aromatic heterocycles. The Morgan fingerprint density at radius 1 is 1.20 bits per heavy atom. The maximum atomic E-state index is 12.6. The van der Waals surface area contributed by atoms with Crippen LogP contribution in [-0.2, 0) is 0 Å². The van der Waals surface area contributed by atoms with Gasteiger partial charge in [-0.15, -0.1) is 0 Å². The van der Waals surface area contributed by atoms with Gasteiger partial charge in [0.05, 0.1) is 5.92 Å². The molecule has 2 fully saturated rings. The Morgan fingerprint density at radius 3 is 2.33 bits per heavy atom. The maximum Gasteiger partial charge on any atom is 0.392 e. The van der Waals surface area contributed by atoms with Crippen molar-refractivity contribution in [1.82, 2.24) is 4.90 Å². The van der Waals surface area contributed by atoms with Crippen LogP contribution in [0.5, 0.6) is 0 Å². The molecule has 88 valence electrons. The van der Waals surface area contributed by atoms with E-state index in [0.717, 1.165) is 12.5 Å². The first-order chi connectivity index (χ1) is 6.97. The first kappa shape index (κ1) is 11.2. The molecule has 1 heterocycles. The molecule has 15 heavy (non-hydrogen) atoms. The lowest BCUT2D eigenvalue weighted by atomic mass is 9.86. The molecule has 1 saturated heterocycles. The Morgan fingerprint density at radius 2 is 1.87 bits per heavy atom. The summed E-state index contributed by atoms with van der Waals surface area (Å²) < 4.78 is 37.7. The normalized spacial score (nSPS) is 34.4. The maximum absolute atomic E-state index is 12.6. The van der Waals surface area contributed by atoms with E-state index in [-0.39, 0.29) is 12.3 Å². The second-order valence-electron chi connectivity index (χ2n) is 5.12. The van der Waals surface area contributed by atoms with Crippen LogP contribution in [0, 0.1) is 17.8 Å². The van der Waals surface area contributed by atoms with E-state index in [4.69, 9.17) is 0 Å². The Hall–Kier alpha value is -0.250. The molecule has 0 amide bonds. The van der Waals surface area contributed by atoms with Gasteiger partial charge in [-0.3, -0.25) is 0 Å². The standard InChI is InChI=1S/C11H18F3N/c1-8-6-15(7-9-2-3-9)5-4-10(8)11(12,13)14/h8-10H,2-7H2,1H3. The lowest BCUT2D eigenvalue weighted by Crippen LogP contribution is -2.45. The lowest BCUT2D eigenvalue weighted by molar-refractivity contribution is -0.198. The van der Waals surface area contributed by atoms with Crippen LogP contribution in [0.25, 0.3) is 0 Å². The van der Waals surface area contributed by atoms with Crippen molar-refractivity contribution in [2.24, 2.45) is 17.8 Å². The summed E-state index contributed by atoms with van der Waals surface area (Å²) in [5, 5.41) is 0. The first-order valence-electron chi connectivity index (χ1n) is 5.76. The van der Waals surface area contributed by atoms with E-state index >= 15 is 0 Å². The quantitative estimate of drug-likeness (QED) is 0.693. The highest BCUT2D eigenvalue weighted by Crippen LogP contribution is 2.39. The minimum absolute atomic E-state index is 0.238. The highest BCUT2D eigenvalue weighted by molar-refractivity contribution is 4.85. The number of hydrogen-bond donors (Lipinski definition) is 0. The molecule has 1 aliphatic heterocycles. The molecule has 0 aromatic carbocycles. The van der Waals surface area contributed by atoms with Gasteiger partial charge in [0, 0.05) is 13.1 Å². The Balaban J connectivity index is 1.84. The minimum Gasteiger partial charge on any atom is -0.303 e. The highest BCUT2D eigenvalue weighted by atomic mass is 19.4. The SMILES string of the molecule is CC1CN(CC2CC2)CCC1C(F)(F)F. The van der Waals surface area contributed by atoms with Gasteiger partial charge in [-0.1, -0.05) is 6.92 Å². The van der Waals surface area contributed by atoms with Gasteiger partial charge < -0.3 is 4.90 Å². The minimum atomic E-state index is -3.99. The van der Waals surface area contributed by atoms with Crippen LogP contribution in [0.4, 0.5) is 13.2 Å². The Labute approximate surface area is 88.6 Å². The number of alkyl halides is 3. The number of rotatable bonds is 2. The van der Waals surface area contributed by atoms with Crippen LogP contribution in [0.3, 0.4) is 0 Å². The van der Waals surface area contributed by atoms with Crippen molar-refractivity contribution >= 4 is 0 Å². The molecule has 2 aliphatic rings. The fourth-order valence-corrected chi connectivity index (χ4v) is 2.55. The van der Waals surface area contributed by atoms with Crippen LogP contribution in [0.2, 0.25) is 0 Å². The summed E-state index contributed by atoms with van der Waals surface area (Å²) in [6, 6.07) is 0. The van der Waals surface area contributed by atoms with E-state index in [9.17, 15) is 13.2 Å². The summed E-state index contributed by atoms with van der Waals surface area (Å²) in [5.74, 6) is -0.537. The average Bonchev–Trinajstić information content (AvgIpc) is 2.85. The fourth-order valence-electron chi connectivity index (χ4n) is 2.55. The van der Waals surface area contributed by atoms with Gasteiger partial charge in [-0.05, 0) is 37.6 Å². The van der Waals surface area contributed by atoms with Gasteiger partial charge >= 0.3 is 6.18 Å². The van der Waals surface area contributed by atoms with E-state index < -0.39 is 12.1 Å². The number of hydrogen-bond acceptors (Lipinski definition) is 1. The van der Waals surface area contributed by atoms with E-state index in [2.05, 4.69) is 4.90 Å². The van der Waals surface area contributed by atoms with E-state index in [1.807, 2.05) is 0 Å². The average molecular weight is 221 g/mol. The third kappa shape index (κ3) is 2.86. The van der Waals surface area contributed by atoms with Crippen molar-refractivity contribution < 1.29 is 13.2 Å². The Bertz CT molecular complexity index is 222. The highest BCUT2D eigenvalue weighted by Gasteiger charge is 2.45. The first-order valence-corrected chi connectivity index (χ1v) is 5.76. The van der Waals surface area contributed by atoms with Crippen LogP contribution in [-0.4, -0.2) is 30.7 Å². The van der Waals surface area contributed by atoms with Gasteiger partial charge in [-0.25, -0.2) is 0 Å². The zero-order valence-corrected chi connectivity index (χ0v) is 9.06. The van der Waals surface area contributed by atoms with Gasteiger partial charge in [0.2, 0.25) is 0 Å². The summed E-state index contributed by atoms with van der Waals surface area (Å²) in [7, 11) is 0. The fraction of sp³-hybridized carbons (Fsp3) is 1.00. The van der Waals surface area contributed by atoms with Crippen molar-refractivity contribution in [3.63, 3.8) is 0 Å². The topological polar surface area (TPSA) is 3.24 Å². The van der Waals surface area contributed by atoms with Crippen LogP contribution >= 0.6 is 0 Å². The van der Waals surface area contributed by atoms with E-state index in [1.165, 1.54) is 12.8 Å². The van der Waals surface area contributed by atoms with Crippen LogP contribution in [0.15, 0.2) is 0 Å². The third-order valence-corrected chi connectivity index (χ3v) is 3.62. The third-order valence-electron chi connectivity index (χ3n) is 3.62. The molecule has 1 aliphatic carbocycles. The molecule has 2 unspecified atom stereocenters. The number of piperidine rings is 1. The predicted octanol–water partition coefficient (Wildman–Crippen LogP) is 2.92. The molecule has 0 spiro atoms. The Kier molecular flexibility index (Phi) is 2.97. The molecule has 0 bridgehead atoms. The summed E-state index contributed by atoms with van der Waals surface area (Å²) in [5.41, 5.74) is 0. The smallest absolute Gasteiger partial charge is 0.303 e. The van der Waals surface area contributed by atoms with Crippen molar-refractivity contribution in [2.75, 3.05) is 19.6 Å². The molecule has 0 aromatic rings. The summed E-state index contributed by atoms with van der Waals surface area (Å²) in [6.45, 7) is 4.01. The largest absolute Gasteiger partial charge is 0.392 e. The van der Waals surface area contributed by atoms with Gasteiger partial charge in [0.1, 0.15) is 0 Å². The molecule has 0 radical (unpaired) electrons. The molecular weight excluding hydrogens is 203 g/mol. The molecule has 0 N–H and O–H groups in total. The number of nitrogens with zero attached hydrogens (tertiary/aromatic N) is 1. The molecule has 4 heteroatoms. The number of halogens is 3. The van der Waals surface area contributed by atoms with Crippen LogP contribution < -0.4 is 0 Å². The van der Waals surface area contributed by atoms with Crippen molar-refractivity contribution in [2.45, 2.75) is 32.4 Å². The zero-order valence-electron chi connectivity index (χ0n) is 9.06. The lowest BCUT2D eigenvalue weighted by Gasteiger charge is -2.37. The molecule has 2 atom stereocenters. The summed E-state index contributed by atoms with van der Waals surface area (Å²) in [6.07, 6.45) is -1.16. The second-order valence-corrected chi connectivity index (χ2v) is 5.12. The summed E-state index contributed by atoms with van der Waals surface area (Å²) in [4.78, 5) is 2.21. The predicted molar refractivity (Wildman–Crippen MR) is 52.5 cm³/mol. The molecule has 2 rings (SSSR count). The van der Waals surface area contributed by atoms with E-state index in [0.29, 0.717) is 13.1 Å². The van der Waals surface area contributed by atoms with Crippen LogP contribution in [0.1, 0.15) is 26.2 Å². The van der Waals surface area contributed by atoms with E-state index in [1.54, 1.807) is 6.92 Å². The van der Waals surface area contributed by atoms with Gasteiger partial charge in [-0.2, -0.15) is 13.2 Å². The van der Waals surface area contributed by atoms with Gasteiger partial charge in [0.15, 0.2) is 0 Å². The van der Waals surface area contributed by atoms with Gasteiger partial charge in [0.25, 0.3) is 0 Å². The zero-order chi connectivity index (χ0) is 11.1. The molecule has 1 saturated carbocycles. The van der Waals surface area contributed by atoms with Crippen molar-refractivity contribution in [1.29, 1.82) is 0 Å². The molecular formula is C11H18F3N. The molecule has 1 nitrogen and oxygen atoms in total.